The molecule has 0 bridgehead atoms. The van der Waals surface area contributed by atoms with Crippen LogP contribution in [0.1, 0.15) is 11.1 Å². The Kier molecular flexibility index (Phi) is 2.84. The molecule has 2 heteroatoms. The van der Waals surface area contributed by atoms with Gasteiger partial charge in [0.2, 0.25) is 0 Å². The molecular formula is C11H7N2. The third-order valence-electron chi connectivity index (χ3n) is 1.52. The van der Waals surface area contributed by atoms with Crippen LogP contribution in [0.2, 0.25) is 0 Å². The number of hydrogen-bond donors (Lipinski definition) is 0. The molecule has 2 nitrogen and oxygen atoms in total. The van der Waals surface area contributed by atoms with Crippen LogP contribution in [-0.4, -0.2) is 0 Å². The van der Waals surface area contributed by atoms with Gasteiger partial charge in [-0.25, -0.2) is 0 Å². The van der Waals surface area contributed by atoms with Crippen molar-refractivity contribution in [1.29, 1.82) is 10.5 Å². The minimum Gasteiger partial charge on any atom is -0.192 e. The van der Waals surface area contributed by atoms with E-state index >= 15 is 0 Å². The highest BCUT2D eigenvalue weighted by molar-refractivity contribution is 5.62. The molecule has 0 saturated carbocycles. The van der Waals surface area contributed by atoms with Crippen LogP contribution >= 0.6 is 0 Å². The predicted octanol–water partition coefficient (Wildman–Crippen LogP) is 2.23. The normalized spacial score (nSPS) is 8.23. The zero-order chi connectivity index (χ0) is 9.68. The maximum atomic E-state index is 8.51. The van der Waals surface area contributed by atoms with Crippen molar-refractivity contribution in [3.63, 3.8) is 0 Å². The molecule has 0 aliphatic rings. The van der Waals surface area contributed by atoms with Gasteiger partial charge >= 0.3 is 0 Å². The SMILES string of the molecule is Cc1[c]ccc(C=C(C#N)C#N)c1. The Morgan fingerprint density at radius 3 is 2.69 bits per heavy atom. The lowest BCUT2D eigenvalue weighted by Crippen LogP contribution is -1.77. The average Bonchev–Trinajstić information content (AvgIpc) is 2.14. The Bertz CT molecular complexity index is 400. The van der Waals surface area contributed by atoms with E-state index in [4.69, 9.17) is 10.5 Å². The van der Waals surface area contributed by atoms with Crippen LogP contribution < -0.4 is 0 Å². The molecule has 0 N–H and O–H groups in total. The second kappa shape index (κ2) is 4.09. The summed E-state index contributed by atoms with van der Waals surface area (Å²) >= 11 is 0. The molecule has 1 aromatic rings. The summed E-state index contributed by atoms with van der Waals surface area (Å²) in [6.07, 6.45) is 1.56. The summed E-state index contributed by atoms with van der Waals surface area (Å²) in [5, 5.41) is 17.0. The van der Waals surface area contributed by atoms with Gasteiger partial charge in [0.25, 0.3) is 0 Å². The molecule has 61 valence electrons. The standard InChI is InChI=1S/C11H7N2/c1-9-3-2-4-10(5-9)6-11(7-12)8-13/h2,4-6H,1H3. The number of rotatable bonds is 1. The maximum Gasteiger partial charge on any atom is 0.130 e. The molecule has 0 aliphatic carbocycles. The van der Waals surface area contributed by atoms with Crippen LogP contribution in [0.5, 0.6) is 0 Å². The first-order chi connectivity index (χ1) is 6.26. The van der Waals surface area contributed by atoms with Crippen molar-refractivity contribution in [3.8, 4) is 12.1 Å². The molecule has 0 aromatic heterocycles. The van der Waals surface area contributed by atoms with Gasteiger partial charge in [-0.2, -0.15) is 10.5 Å². The number of hydrogen-bond acceptors (Lipinski definition) is 2. The molecule has 1 rings (SSSR count). The minimum atomic E-state index is 0.116. The Labute approximate surface area is 77.4 Å². The van der Waals surface area contributed by atoms with E-state index in [1.54, 1.807) is 12.1 Å². The van der Waals surface area contributed by atoms with Crippen molar-refractivity contribution in [2.75, 3.05) is 0 Å². The van der Waals surface area contributed by atoms with Crippen molar-refractivity contribution >= 4 is 6.08 Å². The molecule has 0 saturated heterocycles. The molecule has 0 fully saturated rings. The van der Waals surface area contributed by atoms with E-state index in [0.717, 1.165) is 11.1 Å². The van der Waals surface area contributed by atoms with Crippen molar-refractivity contribution < 1.29 is 0 Å². The Morgan fingerprint density at radius 1 is 1.46 bits per heavy atom. The van der Waals surface area contributed by atoms with E-state index in [0.29, 0.717) is 0 Å². The minimum absolute atomic E-state index is 0.116. The molecule has 0 amide bonds. The lowest BCUT2D eigenvalue weighted by Gasteiger charge is -1.93. The number of benzene rings is 1. The first-order valence-corrected chi connectivity index (χ1v) is 3.76. The topological polar surface area (TPSA) is 47.6 Å². The number of allylic oxidation sites excluding steroid dienone is 1. The zero-order valence-corrected chi connectivity index (χ0v) is 7.20. The molecule has 0 spiro atoms. The largest absolute Gasteiger partial charge is 0.192 e. The molecule has 0 atom stereocenters. The molecule has 13 heavy (non-hydrogen) atoms. The van der Waals surface area contributed by atoms with Gasteiger partial charge in [-0.05, 0) is 30.2 Å². The van der Waals surface area contributed by atoms with Crippen molar-refractivity contribution in [3.05, 3.63) is 41.0 Å². The second-order valence-corrected chi connectivity index (χ2v) is 2.59. The molecule has 0 unspecified atom stereocenters. The monoisotopic (exact) mass is 167 g/mol. The summed E-state index contributed by atoms with van der Waals surface area (Å²) < 4.78 is 0. The third-order valence-corrected chi connectivity index (χ3v) is 1.52. The fourth-order valence-corrected chi connectivity index (χ4v) is 0.955. The van der Waals surface area contributed by atoms with E-state index in [-0.39, 0.29) is 5.57 Å². The summed E-state index contributed by atoms with van der Waals surface area (Å²) in [5.41, 5.74) is 1.96. The first kappa shape index (κ1) is 9.03. The van der Waals surface area contributed by atoms with E-state index in [1.807, 2.05) is 31.2 Å². The van der Waals surface area contributed by atoms with Gasteiger partial charge in [0.1, 0.15) is 17.7 Å². The summed E-state index contributed by atoms with van der Waals surface area (Å²) in [6, 6.07) is 12.1. The van der Waals surface area contributed by atoms with Crippen LogP contribution in [0.4, 0.5) is 0 Å². The van der Waals surface area contributed by atoms with Crippen LogP contribution in [0.25, 0.3) is 6.08 Å². The Balaban J connectivity index is 3.06. The van der Waals surface area contributed by atoms with Crippen LogP contribution in [-0.2, 0) is 0 Å². The van der Waals surface area contributed by atoms with Crippen LogP contribution in [0.3, 0.4) is 0 Å². The molecular weight excluding hydrogens is 160 g/mol. The summed E-state index contributed by atoms with van der Waals surface area (Å²) in [5.74, 6) is 0. The highest BCUT2D eigenvalue weighted by atomic mass is 14.3. The summed E-state index contributed by atoms with van der Waals surface area (Å²) in [6.45, 7) is 1.91. The molecule has 1 radical (unpaired) electrons. The highest BCUT2D eigenvalue weighted by Gasteiger charge is 1.93. The van der Waals surface area contributed by atoms with Gasteiger partial charge in [-0.1, -0.05) is 18.2 Å². The fraction of sp³-hybridized carbons (Fsp3) is 0.0909. The zero-order valence-electron chi connectivity index (χ0n) is 7.20. The van der Waals surface area contributed by atoms with Crippen LogP contribution in [0.15, 0.2) is 23.8 Å². The van der Waals surface area contributed by atoms with Gasteiger partial charge in [-0.3, -0.25) is 0 Å². The predicted molar refractivity (Wildman–Crippen MR) is 49.2 cm³/mol. The fourth-order valence-electron chi connectivity index (χ4n) is 0.955. The number of nitriles is 2. The molecule has 1 aromatic carbocycles. The van der Waals surface area contributed by atoms with E-state index in [2.05, 4.69) is 6.07 Å². The smallest absolute Gasteiger partial charge is 0.130 e. The number of aryl methyl sites for hydroxylation is 1. The van der Waals surface area contributed by atoms with Crippen molar-refractivity contribution in [2.45, 2.75) is 6.92 Å². The van der Waals surface area contributed by atoms with Crippen molar-refractivity contribution in [1.82, 2.24) is 0 Å². The van der Waals surface area contributed by atoms with E-state index in [9.17, 15) is 0 Å². The van der Waals surface area contributed by atoms with Crippen molar-refractivity contribution in [2.24, 2.45) is 0 Å². The highest BCUT2D eigenvalue weighted by Crippen LogP contribution is 2.07. The van der Waals surface area contributed by atoms with E-state index < -0.39 is 0 Å². The lowest BCUT2D eigenvalue weighted by atomic mass is 10.1. The van der Waals surface area contributed by atoms with Crippen LogP contribution in [0, 0.1) is 35.7 Å². The third kappa shape index (κ3) is 2.47. The van der Waals surface area contributed by atoms with Gasteiger partial charge in [0, 0.05) is 0 Å². The van der Waals surface area contributed by atoms with Gasteiger partial charge in [0.15, 0.2) is 0 Å². The maximum absolute atomic E-state index is 8.51. The quantitative estimate of drug-likeness (QED) is 0.602. The molecule has 0 aliphatic heterocycles. The Hall–Kier alpha value is -2.06. The first-order valence-electron chi connectivity index (χ1n) is 3.76. The number of nitrogens with zero attached hydrogens (tertiary/aromatic N) is 2. The summed E-state index contributed by atoms with van der Waals surface area (Å²) in [7, 11) is 0. The molecule has 0 heterocycles. The summed E-state index contributed by atoms with van der Waals surface area (Å²) in [4.78, 5) is 0. The van der Waals surface area contributed by atoms with Gasteiger partial charge in [0.05, 0.1) is 0 Å². The van der Waals surface area contributed by atoms with E-state index in [1.165, 1.54) is 0 Å². The van der Waals surface area contributed by atoms with Gasteiger partial charge < -0.3 is 0 Å². The van der Waals surface area contributed by atoms with Gasteiger partial charge in [-0.15, -0.1) is 0 Å². The average molecular weight is 167 g/mol. The lowest BCUT2D eigenvalue weighted by molar-refractivity contribution is 1.44. The second-order valence-electron chi connectivity index (χ2n) is 2.59. The Morgan fingerprint density at radius 2 is 2.15 bits per heavy atom.